The van der Waals surface area contributed by atoms with E-state index in [4.69, 9.17) is 14.2 Å². The molecule has 4 saturated carbocycles. The van der Waals surface area contributed by atoms with Gasteiger partial charge >= 0.3 is 5.97 Å². The molecule has 2 heterocycles. The molecule has 4 heteroatoms. The molecule has 228 valence electrons. The van der Waals surface area contributed by atoms with Gasteiger partial charge in [-0.2, -0.15) is 0 Å². The Hall–Kier alpha value is -0.610. The third-order valence-corrected chi connectivity index (χ3v) is 13.9. The van der Waals surface area contributed by atoms with Gasteiger partial charge in [0, 0.05) is 18.8 Å². The summed E-state index contributed by atoms with van der Waals surface area (Å²) in [5, 5.41) is 0. The lowest BCUT2D eigenvalue weighted by atomic mass is 9.44. The molecule has 0 aromatic heterocycles. The first-order valence-electron chi connectivity index (χ1n) is 17.7. The van der Waals surface area contributed by atoms with Crippen molar-refractivity contribution in [3.05, 3.63) is 0 Å². The summed E-state index contributed by atoms with van der Waals surface area (Å²) >= 11 is 0. The maximum absolute atomic E-state index is 12.6. The van der Waals surface area contributed by atoms with Gasteiger partial charge in [-0.15, -0.1) is 0 Å². The minimum absolute atomic E-state index is 0.0620. The summed E-state index contributed by atoms with van der Waals surface area (Å²) in [6.07, 6.45) is 20.9. The van der Waals surface area contributed by atoms with Crippen molar-refractivity contribution in [3.63, 3.8) is 0 Å². The number of esters is 1. The molecule has 0 amide bonds. The van der Waals surface area contributed by atoms with E-state index in [2.05, 4.69) is 34.6 Å². The topological polar surface area (TPSA) is 44.8 Å². The van der Waals surface area contributed by atoms with Crippen molar-refractivity contribution in [2.24, 2.45) is 52.3 Å². The van der Waals surface area contributed by atoms with Crippen LogP contribution in [0.1, 0.15) is 144 Å². The van der Waals surface area contributed by atoms with Crippen LogP contribution in [0.2, 0.25) is 0 Å². The molecule has 2 aliphatic heterocycles. The molecule has 6 rings (SSSR count). The number of carbonyl (C=O) groups excluding carboxylic acids is 1. The zero-order chi connectivity index (χ0) is 28.1. The lowest BCUT2D eigenvalue weighted by molar-refractivity contribution is -0.273. The average Bonchev–Trinajstić information content (AvgIpc) is 3.38. The number of ether oxygens (including phenoxy) is 3. The number of hydrogen-bond donors (Lipinski definition) is 0. The maximum Gasteiger partial charge on any atom is 0.306 e. The normalized spacial score (nSPS) is 49.7. The van der Waals surface area contributed by atoms with Crippen molar-refractivity contribution in [1.29, 1.82) is 0 Å². The van der Waals surface area contributed by atoms with Gasteiger partial charge in [0.25, 0.3) is 0 Å². The van der Waals surface area contributed by atoms with Gasteiger partial charge in [-0.3, -0.25) is 4.79 Å². The predicted molar refractivity (Wildman–Crippen MR) is 160 cm³/mol. The van der Waals surface area contributed by atoms with E-state index in [9.17, 15) is 4.79 Å². The third kappa shape index (κ3) is 5.01. The Bertz CT molecular complexity index is 893. The Labute approximate surface area is 245 Å². The van der Waals surface area contributed by atoms with Gasteiger partial charge < -0.3 is 14.2 Å². The molecule has 4 nitrogen and oxygen atoms in total. The zero-order valence-electron chi connectivity index (χ0n) is 26.6. The Balaban J connectivity index is 1.05. The van der Waals surface area contributed by atoms with Gasteiger partial charge in [0.2, 0.25) is 0 Å². The van der Waals surface area contributed by atoms with Crippen molar-refractivity contribution in [1.82, 2.24) is 0 Å². The Morgan fingerprint density at radius 2 is 1.62 bits per heavy atom. The fraction of sp³-hybridized carbons (Fsp3) is 0.972. The minimum atomic E-state index is -0.304. The van der Waals surface area contributed by atoms with E-state index in [1.54, 1.807) is 0 Å². The van der Waals surface area contributed by atoms with Crippen LogP contribution in [0.5, 0.6) is 0 Å². The zero-order valence-corrected chi connectivity index (χ0v) is 26.6. The second kappa shape index (κ2) is 11.5. The summed E-state index contributed by atoms with van der Waals surface area (Å²) in [7, 11) is 0. The predicted octanol–water partition coefficient (Wildman–Crippen LogP) is 9.10. The van der Waals surface area contributed by atoms with E-state index in [1.165, 1.54) is 77.0 Å². The van der Waals surface area contributed by atoms with E-state index >= 15 is 0 Å². The lowest BCUT2D eigenvalue weighted by Gasteiger charge is -2.61. The molecule has 6 aliphatic rings. The van der Waals surface area contributed by atoms with Crippen LogP contribution in [-0.4, -0.2) is 30.6 Å². The molecule has 6 fully saturated rings. The maximum atomic E-state index is 12.6. The highest BCUT2D eigenvalue weighted by atomic mass is 16.7. The SMILES string of the molecule is CCCCCCCCC(=O)O[C@@H]1CC[C@@]2(C)[C@@H](CC[C@@H]3[C@@H]2CC[C@]2(C)[C@@H]4[C@H](C[C@@H]32)O[C@]2(CC[C@@H](C)CO2)[C@H]4C)C1. The molecule has 2 saturated heterocycles. The number of rotatable bonds is 8. The minimum Gasteiger partial charge on any atom is -0.462 e. The molecular formula is C36H60O4. The molecule has 4 aliphatic carbocycles. The molecule has 12 atom stereocenters. The highest BCUT2D eigenvalue weighted by Crippen LogP contribution is 2.71. The van der Waals surface area contributed by atoms with E-state index < -0.39 is 0 Å². The molecule has 0 aromatic carbocycles. The van der Waals surface area contributed by atoms with Gasteiger partial charge in [-0.1, -0.05) is 66.7 Å². The Morgan fingerprint density at radius 1 is 0.850 bits per heavy atom. The molecule has 0 N–H and O–H groups in total. The summed E-state index contributed by atoms with van der Waals surface area (Å²) in [5.74, 6) is 4.77. The number of fused-ring (bicyclic) bond motifs is 7. The van der Waals surface area contributed by atoms with Gasteiger partial charge in [-0.05, 0) is 111 Å². The van der Waals surface area contributed by atoms with Crippen LogP contribution in [0.25, 0.3) is 0 Å². The summed E-state index contributed by atoms with van der Waals surface area (Å²) in [6.45, 7) is 13.2. The highest BCUT2D eigenvalue weighted by molar-refractivity contribution is 5.69. The van der Waals surface area contributed by atoms with Crippen LogP contribution in [0.4, 0.5) is 0 Å². The van der Waals surface area contributed by atoms with Crippen LogP contribution in [0, 0.1) is 52.3 Å². The Morgan fingerprint density at radius 3 is 2.40 bits per heavy atom. The number of unbranched alkanes of at least 4 members (excludes halogenated alkanes) is 5. The van der Waals surface area contributed by atoms with Crippen molar-refractivity contribution in [2.45, 2.75) is 162 Å². The van der Waals surface area contributed by atoms with Crippen LogP contribution < -0.4 is 0 Å². The fourth-order valence-corrected chi connectivity index (χ4v) is 11.6. The third-order valence-electron chi connectivity index (χ3n) is 13.9. The van der Waals surface area contributed by atoms with E-state index in [-0.39, 0.29) is 17.9 Å². The molecule has 1 spiro atoms. The number of hydrogen-bond acceptors (Lipinski definition) is 4. The molecule has 0 unspecified atom stereocenters. The first-order valence-corrected chi connectivity index (χ1v) is 17.7. The van der Waals surface area contributed by atoms with E-state index in [0.717, 1.165) is 56.0 Å². The van der Waals surface area contributed by atoms with Crippen molar-refractivity contribution >= 4 is 5.97 Å². The molecule has 40 heavy (non-hydrogen) atoms. The van der Waals surface area contributed by atoms with E-state index in [1.807, 2.05) is 0 Å². The summed E-state index contributed by atoms with van der Waals surface area (Å²) in [4.78, 5) is 12.6. The molecular weight excluding hydrogens is 496 g/mol. The average molecular weight is 557 g/mol. The summed E-state index contributed by atoms with van der Waals surface area (Å²) in [6, 6.07) is 0. The lowest BCUT2D eigenvalue weighted by Crippen LogP contribution is -2.55. The quantitative estimate of drug-likeness (QED) is 0.221. The van der Waals surface area contributed by atoms with Crippen LogP contribution in [-0.2, 0) is 19.0 Å². The van der Waals surface area contributed by atoms with Crippen LogP contribution in [0.3, 0.4) is 0 Å². The molecule has 0 radical (unpaired) electrons. The largest absolute Gasteiger partial charge is 0.462 e. The first-order chi connectivity index (χ1) is 19.2. The second-order valence-electron chi connectivity index (χ2n) is 16.1. The van der Waals surface area contributed by atoms with Crippen LogP contribution in [0.15, 0.2) is 0 Å². The van der Waals surface area contributed by atoms with Crippen LogP contribution >= 0.6 is 0 Å². The summed E-state index contributed by atoms with van der Waals surface area (Å²) in [5.41, 5.74) is 0.814. The Kier molecular flexibility index (Phi) is 8.45. The van der Waals surface area contributed by atoms with Gasteiger partial charge in [0.1, 0.15) is 6.10 Å². The summed E-state index contributed by atoms with van der Waals surface area (Å²) < 4.78 is 19.6. The van der Waals surface area contributed by atoms with Crippen molar-refractivity contribution < 1.29 is 19.0 Å². The van der Waals surface area contributed by atoms with E-state index in [0.29, 0.717) is 41.1 Å². The highest BCUT2D eigenvalue weighted by Gasteiger charge is 2.69. The first kappa shape index (κ1) is 29.5. The smallest absolute Gasteiger partial charge is 0.306 e. The van der Waals surface area contributed by atoms with Crippen molar-refractivity contribution in [3.8, 4) is 0 Å². The van der Waals surface area contributed by atoms with Crippen molar-refractivity contribution in [2.75, 3.05) is 6.61 Å². The molecule has 0 aromatic rings. The standard InChI is InChI=1S/C36H60O4/c1-6-7-8-9-10-11-12-32(37)39-27-16-18-34(4)26(21-27)13-14-28-29(34)17-19-35(5)30(28)22-31-33(35)25(3)36(40-31)20-15-24(2)23-38-36/h24-31,33H,6-23H2,1-5H3/t24-,25+,26+,27-,28-,29+,30+,31+,33+,34+,35+,36-/m1/s1. The number of carbonyl (C=O) groups is 1. The van der Waals surface area contributed by atoms with Gasteiger partial charge in [0.05, 0.1) is 12.7 Å². The second-order valence-corrected chi connectivity index (χ2v) is 16.1. The fourth-order valence-electron chi connectivity index (χ4n) is 11.6. The van der Waals surface area contributed by atoms with Gasteiger partial charge in [0.15, 0.2) is 5.79 Å². The monoisotopic (exact) mass is 556 g/mol. The molecule has 0 bridgehead atoms. The van der Waals surface area contributed by atoms with Gasteiger partial charge in [-0.25, -0.2) is 0 Å².